The molecule has 3 heterocycles. The lowest BCUT2D eigenvalue weighted by Gasteiger charge is -2.41. The number of ether oxygens (including phenoxy) is 1. The van der Waals surface area contributed by atoms with Crippen molar-refractivity contribution in [2.45, 2.75) is 69.5 Å². The van der Waals surface area contributed by atoms with Crippen molar-refractivity contribution in [3.05, 3.63) is 48.0 Å². The highest BCUT2D eigenvalue weighted by Gasteiger charge is 2.42. The van der Waals surface area contributed by atoms with Gasteiger partial charge in [0.15, 0.2) is 0 Å². The molecule has 4 atom stereocenters. The minimum absolute atomic E-state index is 0.0345. The number of benzene rings is 1. The third-order valence-electron chi connectivity index (χ3n) is 8.31. The number of nitrogens with two attached hydrogens (primary N) is 1. The van der Waals surface area contributed by atoms with E-state index >= 15 is 0 Å². The molecule has 0 saturated carbocycles. The molecule has 0 aliphatic carbocycles. The summed E-state index contributed by atoms with van der Waals surface area (Å²) in [6, 6.07) is 7.87. The van der Waals surface area contributed by atoms with E-state index in [1.807, 2.05) is 30.3 Å². The van der Waals surface area contributed by atoms with E-state index < -0.39 is 23.5 Å². The number of nitrogens with zero attached hydrogens (tertiary/aromatic N) is 1. The Morgan fingerprint density at radius 1 is 1.13 bits per heavy atom. The number of piperidine rings is 1. The first kappa shape index (κ1) is 28.8. The Morgan fingerprint density at radius 2 is 1.87 bits per heavy atom. The second kappa shape index (κ2) is 13.2. The zero-order valence-electron chi connectivity index (χ0n) is 22.3. The normalized spacial score (nSPS) is 27.2. The number of hydrogen-bond donors (Lipinski definition) is 4. The molecule has 0 aromatic heterocycles. The van der Waals surface area contributed by atoms with Crippen LogP contribution in [0.15, 0.2) is 42.5 Å². The molecule has 10 heteroatoms. The molecule has 2 fully saturated rings. The minimum Gasteiger partial charge on any atom is -0.481 e. The van der Waals surface area contributed by atoms with Crippen LogP contribution in [0.2, 0.25) is 0 Å². The summed E-state index contributed by atoms with van der Waals surface area (Å²) < 4.78 is 5.55. The topological polar surface area (TPSA) is 151 Å². The number of carboxylic acids is 1. The predicted octanol–water partition coefficient (Wildman–Crippen LogP) is 1.39. The van der Waals surface area contributed by atoms with Crippen molar-refractivity contribution in [1.82, 2.24) is 15.5 Å². The van der Waals surface area contributed by atoms with E-state index in [2.05, 4.69) is 22.8 Å². The predicted molar refractivity (Wildman–Crippen MR) is 144 cm³/mol. The molecule has 1 spiro atoms. The van der Waals surface area contributed by atoms with E-state index in [0.717, 1.165) is 5.56 Å². The van der Waals surface area contributed by atoms with Crippen molar-refractivity contribution in [3.63, 3.8) is 0 Å². The fourth-order valence-corrected chi connectivity index (χ4v) is 5.82. The van der Waals surface area contributed by atoms with E-state index in [0.29, 0.717) is 64.8 Å². The van der Waals surface area contributed by atoms with Crippen LogP contribution in [0.5, 0.6) is 0 Å². The molecule has 5 N–H and O–H groups in total. The maximum absolute atomic E-state index is 13.7. The van der Waals surface area contributed by atoms with Crippen LogP contribution in [-0.4, -0.2) is 78.1 Å². The number of rotatable bonds is 6. The number of fused-ring (bicyclic) bond motifs is 1. The zero-order chi connectivity index (χ0) is 27.8. The van der Waals surface area contributed by atoms with Gasteiger partial charge in [0, 0.05) is 51.1 Å². The van der Waals surface area contributed by atoms with Gasteiger partial charge in [-0.25, -0.2) is 0 Å². The third-order valence-corrected chi connectivity index (χ3v) is 8.31. The summed E-state index contributed by atoms with van der Waals surface area (Å²) in [5.74, 6) is -1.62. The largest absolute Gasteiger partial charge is 0.481 e. The molecule has 3 aliphatic rings. The molecule has 1 aromatic carbocycles. The number of carbonyl (C=O) groups excluding carboxylic acids is 3. The maximum atomic E-state index is 13.7. The number of allylic oxidation sites excluding steroid dienone is 2. The number of nitrogens with one attached hydrogen (secondary N) is 2. The first-order chi connectivity index (χ1) is 18.8. The van der Waals surface area contributed by atoms with E-state index in [-0.39, 0.29) is 42.5 Å². The molecular formula is C29H40N4O6. The zero-order valence-corrected chi connectivity index (χ0v) is 22.3. The molecule has 39 heavy (non-hydrogen) atoms. The van der Waals surface area contributed by atoms with Crippen molar-refractivity contribution in [1.29, 1.82) is 0 Å². The van der Waals surface area contributed by atoms with E-state index in [1.54, 1.807) is 4.90 Å². The van der Waals surface area contributed by atoms with Crippen LogP contribution in [0, 0.1) is 11.3 Å². The summed E-state index contributed by atoms with van der Waals surface area (Å²) in [7, 11) is 0. The Bertz CT molecular complexity index is 1060. The molecule has 1 aromatic rings. The van der Waals surface area contributed by atoms with Crippen molar-refractivity contribution < 1.29 is 29.0 Å². The number of amides is 3. The van der Waals surface area contributed by atoms with Gasteiger partial charge in [0.25, 0.3) is 0 Å². The summed E-state index contributed by atoms with van der Waals surface area (Å²) >= 11 is 0. The Hall–Kier alpha value is -3.24. The highest BCUT2D eigenvalue weighted by atomic mass is 16.5. The van der Waals surface area contributed by atoms with Gasteiger partial charge in [-0.05, 0) is 44.1 Å². The maximum Gasteiger partial charge on any atom is 0.303 e. The number of likely N-dealkylation sites (tertiary alicyclic amines) is 1. The lowest BCUT2D eigenvalue weighted by Crippen LogP contribution is -2.59. The number of aliphatic carboxylic acids is 1. The number of carbonyl (C=O) groups is 4. The number of hydrogen-bond acceptors (Lipinski definition) is 6. The summed E-state index contributed by atoms with van der Waals surface area (Å²) in [6.07, 6.45) is 7.33. The molecule has 2 saturated heterocycles. The second-order valence-electron chi connectivity index (χ2n) is 11.0. The first-order valence-corrected chi connectivity index (χ1v) is 13.9. The van der Waals surface area contributed by atoms with Crippen LogP contribution in [0.3, 0.4) is 0 Å². The highest BCUT2D eigenvalue weighted by Crippen LogP contribution is 2.36. The van der Waals surface area contributed by atoms with Crippen molar-refractivity contribution in [2.75, 3.05) is 26.3 Å². The van der Waals surface area contributed by atoms with Gasteiger partial charge >= 0.3 is 5.97 Å². The molecule has 0 unspecified atom stereocenters. The standard InChI is InChI=1S/C29H40N4O6/c30-22(9-10-25(34)35)27(37)33-15-11-23-21(19-33)8-4-5-12-29(13-16-39-17-14-29)28(38)32-24(26(36)31-23)18-20-6-2-1-3-7-20/h1-7,21-24H,8-19,30H2,(H,31,36)(H,32,38)(H,34,35)/b5-4+/t21-,22+,23+,24+/m1/s1. The van der Waals surface area contributed by atoms with Crippen LogP contribution in [0.25, 0.3) is 0 Å². The van der Waals surface area contributed by atoms with Gasteiger partial charge in [-0.2, -0.15) is 0 Å². The highest BCUT2D eigenvalue weighted by molar-refractivity contribution is 5.90. The molecule has 4 rings (SSSR count). The quantitative estimate of drug-likeness (QED) is 0.398. The van der Waals surface area contributed by atoms with Crippen LogP contribution in [-0.2, 0) is 30.3 Å². The van der Waals surface area contributed by atoms with Crippen molar-refractivity contribution >= 4 is 23.7 Å². The van der Waals surface area contributed by atoms with Gasteiger partial charge in [-0.15, -0.1) is 0 Å². The molecule has 3 amide bonds. The van der Waals surface area contributed by atoms with Crippen LogP contribution in [0.1, 0.15) is 50.5 Å². The Balaban J connectivity index is 1.54. The fraction of sp³-hybridized carbons (Fsp3) is 0.586. The van der Waals surface area contributed by atoms with Gasteiger partial charge in [-0.1, -0.05) is 42.5 Å². The molecule has 0 bridgehead atoms. The van der Waals surface area contributed by atoms with Gasteiger partial charge in [0.2, 0.25) is 17.7 Å². The monoisotopic (exact) mass is 540 g/mol. The number of carboxylic acid groups (broad SMARTS) is 1. The van der Waals surface area contributed by atoms with Crippen molar-refractivity contribution in [3.8, 4) is 0 Å². The second-order valence-corrected chi connectivity index (χ2v) is 11.0. The molecule has 0 radical (unpaired) electrons. The van der Waals surface area contributed by atoms with Crippen LogP contribution in [0.4, 0.5) is 0 Å². The van der Waals surface area contributed by atoms with Crippen molar-refractivity contribution in [2.24, 2.45) is 17.1 Å². The average Bonchev–Trinajstić information content (AvgIpc) is 2.94. The molecule has 10 nitrogen and oxygen atoms in total. The van der Waals surface area contributed by atoms with Gasteiger partial charge in [0.05, 0.1) is 11.5 Å². The van der Waals surface area contributed by atoms with E-state index in [9.17, 15) is 19.2 Å². The molecule has 3 aliphatic heterocycles. The fourth-order valence-electron chi connectivity index (χ4n) is 5.82. The lowest BCUT2D eigenvalue weighted by molar-refractivity contribution is -0.140. The third kappa shape index (κ3) is 7.45. The Kier molecular flexibility index (Phi) is 9.74. The summed E-state index contributed by atoms with van der Waals surface area (Å²) in [5.41, 5.74) is 6.35. The first-order valence-electron chi connectivity index (χ1n) is 13.9. The van der Waals surface area contributed by atoms with Gasteiger partial charge in [-0.3, -0.25) is 19.2 Å². The summed E-state index contributed by atoms with van der Waals surface area (Å²) in [5, 5.41) is 15.2. The molecule has 212 valence electrons. The summed E-state index contributed by atoms with van der Waals surface area (Å²) in [6.45, 7) is 1.84. The molecular weight excluding hydrogens is 500 g/mol. The smallest absolute Gasteiger partial charge is 0.303 e. The van der Waals surface area contributed by atoms with Gasteiger partial charge < -0.3 is 31.1 Å². The summed E-state index contributed by atoms with van der Waals surface area (Å²) in [4.78, 5) is 52.9. The van der Waals surface area contributed by atoms with Crippen LogP contribution < -0.4 is 16.4 Å². The van der Waals surface area contributed by atoms with E-state index in [1.165, 1.54) is 0 Å². The Morgan fingerprint density at radius 3 is 2.59 bits per heavy atom. The minimum atomic E-state index is -0.983. The SMILES string of the molecule is N[C@@H](CCC(=O)O)C(=O)N1CC[C@@H]2NC(=O)[C@H](Cc3ccccc3)NC(=O)C3(C/C=C/C[C@@H]2C1)CCOCC3. The van der Waals surface area contributed by atoms with Crippen LogP contribution >= 0.6 is 0 Å². The average molecular weight is 541 g/mol. The van der Waals surface area contributed by atoms with E-state index in [4.69, 9.17) is 15.6 Å². The van der Waals surface area contributed by atoms with Gasteiger partial charge in [0.1, 0.15) is 6.04 Å². The lowest BCUT2D eigenvalue weighted by atomic mass is 9.75. The Labute approximate surface area is 229 Å².